The van der Waals surface area contributed by atoms with E-state index >= 15 is 0 Å². The van der Waals surface area contributed by atoms with E-state index in [2.05, 4.69) is 39.8 Å². The quantitative estimate of drug-likeness (QED) is 0.0785. The third-order valence-electron chi connectivity index (χ3n) is 6.09. The third kappa shape index (κ3) is 26.9. The highest BCUT2D eigenvalue weighted by atomic mass is 16.5. The van der Waals surface area contributed by atoms with Crippen molar-refractivity contribution in [2.45, 2.75) is 143 Å². The summed E-state index contributed by atoms with van der Waals surface area (Å²) in [7, 11) is 0. The summed E-state index contributed by atoms with van der Waals surface area (Å²) in [6.07, 6.45) is 24.5. The van der Waals surface area contributed by atoms with Gasteiger partial charge < -0.3 is 9.47 Å². The van der Waals surface area contributed by atoms with Crippen LogP contribution >= 0.6 is 0 Å². The minimum atomic E-state index is -0.0523. The molecule has 0 aliphatic heterocycles. The van der Waals surface area contributed by atoms with Crippen LogP contribution in [0.1, 0.15) is 143 Å². The molecule has 0 N–H and O–H groups in total. The van der Waals surface area contributed by atoms with E-state index in [9.17, 15) is 9.59 Å². The summed E-state index contributed by atoms with van der Waals surface area (Å²) in [5.74, 6) is 1.10. The van der Waals surface area contributed by atoms with Gasteiger partial charge in [0.15, 0.2) is 0 Å². The molecule has 0 amide bonds. The highest BCUT2D eigenvalue weighted by molar-refractivity contribution is 5.69. The summed E-state index contributed by atoms with van der Waals surface area (Å²) in [4.78, 5) is 23.2. The summed E-state index contributed by atoms with van der Waals surface area (Å²) in [5.41, 5.74) is 0. The molecule has 34 heavy (non-hydrogen) atoms. The Morgan fingerprint density at radius 2 is 0.882 bits per heavy atom. The van der Waals surface area contributed by atoms with Crippen molar-refractivity contribution in [2.75, 3.05) is 13.2 Å². The second-order valence-electron chi connectivity index (χ2n) is 10.6. The van der Waals surface area contributed by atoms with Gasteiger partial charge in [0.25, 0.3) is 0 Å². The van der Waals surface area contributed by atoms with Crippen LogP contribution in [0.3, 0.4) is 0 Å². The zero-order valence-electron chi connectivity index (χ0n) is 23.1. The molecule has 0 aromatic carbocycles. The molecule has 200 valence electrons. The summed E-state index contributed by atoms with van der Waals surface area (Å²) in [6, 6.07) is 0. The van der Waals surface area contributed by atoms with Crippen molar-refractivity contribution in [3.8, 4) is 0 Å². The van der Waals surface area contributed by atoms with E-state index in [1.165, 1.54) is 57.8 Å². The fourth-order valence-electron chi connectivity index (χ4n) is 3.68. The molecular formula is C30H56O4. The predicted octanol–water partition coefficient (Wildman–Crippen LogP) is 8.96. The number of hydrogen-bond donors (Lipinski definition) is 0. The molecule has 0 aromatic heterocycles. The van der Waals surface area contributed by atoms with E-state index in [0.717, 1.165) is 44.9 Å². The summed E-state index contributed by atoms with van der Waals surface area (Å²) < 4.78 is 10.5. The minimum absolute atomic E-state index is 0.0226. The Balaban J connectivity index is 3.25. The number of allylic oxidation sites excluding steroid dienone is 2. The number of unbranched alkanes of at least 4 members (excludes halogenated alkanes) is 12. The van der Waals surface area contributed by atoms with Crippen LogP contribution in [0.2, 0.25) is 0 Å². The molecule has 0 spiro atoms. The van der Waals surface area contributed by atoms with Gasteiger partial charge in [-0.3, -0.25) is 9.59 Å². The summed E-state index contributed by atoms with van der Waals surface area (Å²) in [6.45, 7) is 9.71. The van der Waals surface area contributed by atoms with Crippen LogP contribution in [0.25, 0.3) is 0 Å². The molecule has 0 heterocycles. The van der Waals surface area contributed by atoms with Gasteiger partial charge in [0.05, 0.1) is 13.2 Å². The van der Waals surface area contributed by atoms with E-state index < -0.39 is 0 Å². The van der Waals surface area contributed by atoms with Crippen molar-refractivity contribution in [1.82, 2.24) is 0 Å². The minimum Gasteiger partial charge on any atom is -0.466 e. The van der Waals surface area contributed by atoms with Gasteiger partial charge in [-0.15, -0.1) is 0 Å². The Kier molecular flexibility index (Phi) is 23.8. The maximum atomic E-state index is 11.6. The zero-order valence-corrected chi connectivity index (χ0v) is 23.1. The topological polar surface area (TPSA) is 52.6 Å². The third-order valence-corrected chi connectivity index (χ3v) is 6.09. The maximum absolute atomic E-state index is 11.6. The van der Waals surface area contributed by atoms with Crippen LogP contribution in [-0.2, 0) is 19.1 Å². The largest absolute Gasteiger partial charge is 0.466 e. The number of carbonyl (C=O) groups excluding carboxylic acids is 2. The van der Waals surface area contributed by atoms with Gasteiger partial charge in [0, 0.05) is 12.8 Å². The van der Waals surface area contributed by atoms with Crippen molar-refractivity contribution in [1.29, 1.82) is 0 Å². The average molecular weight is 481 g/mol. The van der Waals surface area contributed by atoms with Crippen LogP contribution < -0.4 is 0 Å². The van der Waals surface area contributed by atoms with Crippen LogP contribution in [0.5, 0.6) is 0 Å². The Morgan fingerprint density at radius 3 is 1.32 bits per heavy atom. The van der Waals surface area contributed by atoms with E-state index in [1.54, 1.807) is 0 Å². The van der Waals surface area contributed by atoms with Crippen molar-refractivity contribution < 1.29 is 19.1 Å². The Hall–Kier alpha value is -1.32. The molecule has 0 bridgehead atoms. The first-order valence-corrected chi connectivity index (χ1v) is 14.4. The molecule has 0 radical (unpaired) electrons. The van der Waals surface area contributed by atoms with E-state index in [0.29, 0.717) is 37.9 Å². The first kappa shape index (κ1) is 32.7. The SMILES string of the molecule is CC(C)CCOC(=O)CCC/C=C/CCCCCCCCCCCCCC(=O)OCCC(C)C. The summed E-state index contributed by atoms with van der Waals surface area (Å²) >= 11 is 0. The second-order valence-corrected chi connectivity index (χ2v) is 10.6. The number of carbonyl (C=O) groups is 2. The number of rotatable bonds is 24. The van der Waals surface area contributed by atoms with Gasteiger partial charge in [0.2, 0.25) is 0 Å². The molecule has 0 aliphatic rings. The monoisotopic (exact) mass is 480 g/mol. The lowest BCUT2D eigenvalue weighted by Crippen LogP contribution is -2.07. The van der Waals surface area contributed by atoms with Crippen molar-refractivity contribution in [3.63, 3.8) is 0 Å². The highest BCUT2D eigenvalue weighted by Crippen LogP contribution is 2.13. The van der Waals surface area contributed by atoms with Gasteiger partial charge in [-0.2, -0.15) is 0 Å². The van der Waals surface area contributed by atoms with Gasteiger partial charge >= 0.3 is 11.9 Å². The van der Waals surface area contributed by atoms with Crippen LogP contribution in [-0.4, -0.2) is 25.2 Å². The molecule has 0 aromatic rings. The molecule has 0 saturated heterocycles. The maximum Gasteiger partial charge on any atom is 0.305 e. The predicted molar refractivity (Wildman–Crippen MR) is 144 cm³/mol. The van der Waals surface area contributed by atoms with Gasteiger partial charge in [-0.25, -0.2) is 0 Å². The standard InChI is InChI=1S/C30H56O4/c1-27(2)23-25-33-29(31)21-19-17-15-13-11-9-7-5-6-8-10-12-14-16-18-20-22-30(32)34-26-24-28(3)4/h13,15,27-28H,5-12,14,16-26H2,1-4H3/b15-13+. The van der Waals surface area contributed by atoms with Gasteiger partial charge in [-0.05, 0) is 56.8 Å². The first-order valence-electron chi connectivity index (χ1n) is 14.4. The molecular weight excluding hydrogens is 424 g/mol. The van der Waals surface area contributed by atoms with E-state index in [1.807, 2.05) is 0 Å². The molecule has 0 aliphatic carbocycles. The lowest BCUT2D eigenvalue weighted by molar-refractivity contribution is -0.145. The number of ether oxygens (including phenoxy) is 2. The Labute approximate surface area is 211 Å². The van der Waals surface area contributed by atoms with Crippen LogP contribution in [0.4, 0.5) is 0 Å². The molecule has 0 saturated carbocycles. The van der Waals surface area contributed by atoms with Gasteiger partial charge in [-0.1, -0.05) is 97.6 Å². The Morgan fingerprint density at radius 1 is 0.529 bits per heavy atom. The molecule has 0 fully saturated rings. The molecule has 4 heteroatoms. The lowest BCUT2D eigenvalue weighted by atomic mass is 10.0. The van der Waals surface area contributed by atoms with Crippen LogP contribution in [0.15, 0.2) is 12.2 Å². The van der Waals surface area contributed by atoms with E-state index in [4.69, 9.17) is 9.47 Å². The molecule has 0 rings (SSSR count). The van der Waals surface area contributed by atoms with Crippen molar-refractivity contribution >= 4 is 11.9 Å². The number of esters is 2. The van der Waals surface area contributed by atoms with Gasteiger partial charge in [0.1, 0.15) is 0 Å². The molecule has 0 unspecified atom stereocenters. The van der Waals surface area contributed by atoms with Crippen molar-refractivity contribution in [2.24, 2.45) is 11.8 Å². The van der Waals surface area contributed by atoms with Crippen LogP contribution in [0, 0.1) is 11.8 Å². The summed E-state index contributed by atoms with van der Waals surface area (Å²) in [5, 5.41) is 0. The lowest BCUT2D eigenvalue weighted by Gasteiger charge is -2.06. The highest BCUT2D eigenvalue weighted by Gasteiger charge is 2.04. The number of hydrogen-bond acceptors (Lipinski definition) is 4. The Bertz CT molecular complexity index is 496. The zero-order chi connectivity index (χ0) is 25.3. The fourth-order valence-corrected chi connectivity index (χ4v) is 3.68. The normalized spacial score (nSPS) is 11.6. The van der Waals surface area contributed by atoms with E-state index in [-0.39, 0.29) is 11.9 Å². The van der Waals surface area contributed by atoms with Crippen molar-refractivity contribution in [3.05, 3.63) is 12.2 Å². The second kappa shape index (κ2) is 24.8. The fraction of sp³-hybridized carbons (Fsp3) is 0.867. The first-order chi connectivity index (χ1) is 16.4. The average Bonchev–Trinajstić information content (AvgIpc) is 2.77. The molecule has 4 nitrogen and oxygen atoms in total. The molecule has 0 atom stereocenters. The smallest absolute Gasteiger partial charge is 0.305 e.